The Hall–Kier alpha value is -0.960. The van der Waals surface area contributed by atoms with Crippen LogP contribution in [0.2, 0.25) is 0 Å². The van der Waals surface area contributed by atoms with Gasteiger partial charge < -0.3 is 5.73 Å². The van der Waals surface area contributed by atoms with Gasteiger partial charge in [-0.25, -0.2) is 8.78 Å². The molecule has 0 unspecified atom stereocenters. The molecule has 3 heteroatoms. The summed E-state index contributed by atoms with van der Waals surface area (Å²) in [4.78, 5) is 0. The van der Waals surface area contributed by atoms with E-state index >= 15 is 0 Å². The van der Waals surface area contributed by atoms with Gasteiger partial charge in [0.05, 0.1) is 0 Å². The highest BCUT2D eigenvalue weighted by Crippen LogP contribution is 2.45. The van der Waals surface area contributed by atoms with Crippen LogP contribution >= 0.6 is 0 Å². The standard InChI is InChI=1S/C11H13F2N/c1-7-4-8(12)2-3-10(7)11(13)5-9(14)6-11/h2-4,9H,5-6,14H2,1H3. The summed E-state index contributed by atoms with van der Waals surface area (Å²) >= 11 is 0. The first-order valence-corrected chi connectivity index (χ1v) is 4.72. The van der Waals surface area contributed by atoms with E-state index < -0.39 is 5.67 Å². The normalized spacial score (nSPS) is 31.3. The van der Waals surface area contributed by atoms with E-state index in [-0.39, 0.29) is 11.9 Å². The first-order chi connectivity index (χ1) is 6.51. The van der Waals surface area contributed by atoms with Crippen LogP contribution in [0, 0.1) is 12.7 Å². The van der Waals surface area contributed by atoms with Crippen molar-refractivity contribution in [3.63, 3.8) is 0 Å². The monoisotopic (exact) mass is 197 g/mol. The highest BCUT2D eigenvalue weighted by atomic mass is 19.1. The molecule has 14 heavy (non-hydrogen) atoms. The second-order valence-electron chi connectivity index (χ2n) is 4.09. The molecule has 2 rings (SSSR count). The van der Waals surface area contributed by atoms with Gasteiger partial charge in [0.25, 0.3) is 0 Å². The zero-order valence-corrected chi connectivity index (χ0v) is 8.06. The minimum atomic E-state index is -1.32. The number of halogens is 2. The van der Waals surface area contributed by atoms with Crippen LogP contribution in [0.4, 0.5) is 8.78 Å². The molecular weight excluding hydrogens is 184 g/mol. The number of alkyl halides is 1. The highest BCUT2D eigenvalue weighted by molar-refractivity contribution is 5.34. The average Bonchev–Trinajstić information content (AvgIpc) is 2.00. The summed E-state index contributed by atoms with van der Waals surface area (Å²) in [5.74, 6) is -0.321. The third-order valence-corrected chi connectivity index (χ3v) is 2.84. The molecule has 0 heterocycles. The maximum Gasteiger partial charge on any atom is 0.139 e. The molecule has 76 valence electrons. The molecule has 1 aliphatic carbocycles. The summed E-state index contributed by atoms with van der Waals surface area (Å²) in [6.07, 6.45) is 0.693. The first kappa shape index (κ1) is 9.59. The summed E-state index contributed by atoms with van der Waals surface area (Å²) in [5, 5.41) is 0. The number of hydrogen-bond acceptors (Lipinski definition) is 1. The molecule has 0 radical (unpaired) electrons. The highest BCUT2D eigenvalue weighted by Gasteiger charge is 2.45. The van der Waals surface area contributed by atoms with Crippen LogP contribution in [-0.4, -0.2) is 6.04 Å². The van der Waals surface area contributed by atoms with Gasteiger partial charge in [-0.05, 0) is 30.2 Å². The summed E-state index contributed by atoms with van der Waals surface area (Å²) in [5.41, 5.74) is 5.49. The number of benzene rings is 1. The maximum atomic E-state index is 14.1. The van der Waals surface area contributed by atoms with E-state index in [1.54, 1.807) is 6.92 Å². The quantitative estimate of drug-likeness (QED) is 0.735. The Kier molecular flexibility index (Phi) is 2.07. The Morgan fingerprint density at radius 2 is 2.07 bits per heavy atom. The molecule has 0 aliphatic heterocycles. The van der Waals surface area contributed by atoms with Gasteiger partial charge in [0.1, 0.15) is 11.5 Å². The van der Waals surface area contributed by atoms with Gasteiger partial charge in [-0.2, -0.15) is 0 Å². The summed E-state index contributed by atoms with van der Waals surface area (Å²) in [6.45, 7) is 1.73. The van der Waals surface area contributed by atoms with Crippen LogP contribution < -0.4 is 5.73 Å². The lowest BCUT2D eigenvalue weighted by molar-refractivity contribution is 0.0398. The molecule has 1 aromatic rings. The SMILES string of the molecule is Cc1cc(F)ccc1C1(F)CC(N)C1. The Labute approximate surface area is 81.9 Å². The molecule has 1 aliphatic rings. The van der Waals surface area contributed by atoms with Crippen molar-refractivity contribution >= 4 is 0 Å². The molecule has 2 N–H and O–H groups in total. The van der Waals surface area contributed by atoms with Crippen LogP contribution in [0.3, 0.4) is 0 Å². The van der Waals surface area contributed by atoms with Gasteiger partial charge in [-0.1, -0.05) is 6.07 Å². The van der Waals surface area contributed by atoms with Crippen LogP contribution in [0.1, 0.15) is 24.0 Å². The molecule has 1 nitrogen and oxygen atoms in total. The van der Waals surface area contributed by atoms with Crippen LogP contribution in [-0.2, 0) is 5.67 Å². The minimum absolute atomic E-state index is 0.0514. The van der Waals surface area contributed by atoms with Gasteiger partial charge in [0.2, 0.25) is 0 Å². The van der Waals surface area contributed by atoms with E-state index in [9.17, 15) is 8.78 Å². The average molecular weight is 197 g/mol. The molecule has 1 aromatic carbocycles. The van der Waals surface area contributed by atoms with Gasteiger partial charge in [-0.3, -0.25) is 0 Å². The second-order valence-corrected chi connectivity index (χ2v) is 4.09. The van der Waals surface area contributed by atoms with Crippen molar-refractivity contribution < 1.29 is 8.78 Å². The molecule has 0 atom stereocenters. The summed E-state index contributed by atoms with van der Waals surface area (Å²) in [6, 6.07) is 4.13. The van der Waals surface area contributed by atoms with Crippen molar-refractivity contribution in [1.82, 2.24) is 0 Å². The zero-order chi connectivity index (χ0) is 10.3. The van der Waals surface area contributed by atoms with E-state index in [4.69, 9.17) is 5.73 Å². The lowest BCUT2D eigenvalue weighted by atomic mass is 9.72. The first-order valence-electron chi connectivity index (χ1n) is 4.72. The van der Waals surface area contributed by atoms with Crippen LogP contribution in [0.15, 0.2) is 18.2 Å². The van der Waals surface area contributed by atoms with Crippen molar-refractivity contribution in [1.29, 1.82) is 0 Å². The van der Waals surface area contributed by atoms with E-state index in [0.29, 0.717) is 24.0 Å². The molecule has 0 spiro atoms. The summed E-state index contributed by atoms with van der Waals surface area (Å²) < 4.78 is 26.9. The molecule has 0 aromatic heterocycles. The van der Waals surface area contributed by atoms with Gasteiger partial charge in [0, 0.05) is 18.9 Å². The topological polar surface area (TPSA) is 26.0 Å². The zero-order valence-electron chi connectivity index (χ0n) is 8.06. The fourth-order valence-electron chi connectivity index (χ4n) is 2.12. The van der Waals surface area contributed by atoms with Gasteiger partial charge in [0.15, 0.2) is 0 Å². The Bertz CT molecular complexity index is 356. The van der Waals surface area contributed by atoms with E-state index in [1.807, 2.05) is 0 Å². The van der Waals surface area contributed by atoms with Crippen molar-refractivity contribution in [2.24, 2.45) is 5.73 Å². The molecule has 0 bridgehead atoms. The number of nitrogens with two attached hydrogens (primary N) is 1. The molecule has 1 saturated carbocycles. The third kappa shape index (κ3) is 1.42. The van der Waals surface area contributed by atoms with Crippen molar-refractivity contribution in [3.05, 3.63) is 35.1 Å². The fourth-order valence-corrected chi connectivity index (χ4v) is 2.12. The Balaban J connectivity index is 2.33. The molecule has 1 fully saturated rings. The Morgan fingerprint density at radius 1 is 1.43 bits per heavy atom. The molecule has 0 amide bonds. The maximum absolute atomic E-state index is 14.1. The smallest absolute Gasteiger partial charge is 0.139 e. The minimum Gasteiger partial charge on any atom is -0.327 e. The Morgan fingerprint density at radius 3 is 2.57 bits per heavy atom. The largest absolute Gasteiger partial charge is 0.327 e. The second kappa shape index (κ2) is 3.02. The lowest BCUT2D eigenvalue weighted by Gasteiger charge is -2.40. The van der Waals surface area contributed by atoms with E-state index in [1.165, 1.54) is 18.2 Å². The van der Waals surface area contributed by atoms with E-state index in [0.717, 1.165) is 0 Å². The lowest BCUT2D eigenvalue weighted by Crippen LogP contribution is -2.46. The predicted octanol–water partition coefficient (Wildman–Crippen LogP) is 2.42. The third-order valence-electron chi connectivity index (χ3n) is 2.84. The van der Waals surface area contributed by atoms with Crippen molar-refractivity contribution in [2.45, 2.75) is 31.5 Å². The predicted molar refractivity (Wildman–Crippen MR) is 51.1 cm³/mol. The number of aryl methyl sites for hydroxylation is 1. The fraction of sp³-hybridized carbons (Fsp3) is 0.455. The van der Waals surface area contributed by atoms with E-state index in [2.05, 4.69) is 0 Å². The van der Waals surface area contributed by atoms with Crippen molar-refractivity contribution in [3.8, 4) is 0 Å². The van der Waals surface area contributed by atoms with Gasteiger partial charge >= 0.3 is 0 Å². The molecular formula is C11H13F2N. The van der Waals surface area contributed by atoms with Crippen LogP contribution in [0.25, 0.3) is 0 Å². The van der Waals surface area contributed by atoms with Crippen LogP contribution in [0.5, 0.6) is 0 Å². The van der Waals surface area contributed by atoms with Crippen molar-refractivity contribution in [2.75, 3.05) is 0 Å². The number of hydrogen-bond donors (Lipinski definition) is 1. The van der Waals surface area contributed by atoms with Gasteiger partial charge in [-0.15, -0.1) is 0 Å². The summed E-state index contributed by atoms with van der Waals surface area (Å²) in [7, 11) is 0. The molecule has 0 saturated heterocycles. The number of rotatable bonds is 1.